The molecular weight excluding hydrogens is 776 g/mol. The van der Waals surface area contributed by atoms with Gasteiger partial charge in [0, 0.05) is 42.7 Å². The Morgan fingerprint density at radius 2 is 1.76 bits per heavy atom. The number of anilines is 3. The van der Waals surface area contributed by atoms with Gasteiger partial charge in [-0.1, -0.05) is 38.4 Å². The van der Waals surface area contributed by atoms with Gasteiger partial charge < -0.3 is 20.3 Å². The van der Waals surface area contributed by atoms with Gasteiger partial charge in [-0.25, -0.2) is 4.68 Å². The van der Waals surface area contributed by atoms with Crippen LogP contribution in [-0.2, 0) is 30.4 Å². The van der Waals surface area contributed by atoms with Crippen LogP contribution in [0, 0.1) is 11.3 Å². The third kappa shape index (κ3) is 10.6. The van der Waals surface area contributed by atoms with Crippen molar-refractivity contribution in [1.82, 2.24) is 9.78 Å². The zero-order chi connectivity index (χ0) is 40.9. The Kier molecular flexibility index (Phi) is 13.1. The van der Waals surface area contributed by atoms with Crippen molar-refractivity contribution in [3.05, 3.63) is 76.4 Å². The highest BCUT2D eigenvalue weighted by Crippen LogP contribution is 2.41. The fourth-order valence-electron chi connectivity index (χ4n) is 5.38. The van der Waals surface area contributed by atoms with Gasteiger partial charge in [-0.2, -0.15) is 27.2 Å². The van der Waals surface area contributed by atoms with Gasteiger partial charge in [0.2, 0.25) is 5.91 Å². The van der Waals surface area contributed by atoms with E-state index < -0.39 is 48.1 Å². The average Bonchev–Trinajstić information content (AvgIpc) is 3.47. The van der Waals surface area contributed by atoms with Crippen LogP contribution in [-0.4, -0.2) is 73.5 Å². The van der Waals surface area contributed by atoms with E-state index in [1.54, 1.807) is 11.0 Å². The van der Waals surface area contributed by atoms with Crippen LogP contribution < -0.4 is 20.3 Å². The molecule has 0 aliphatic rings. The molecule has 0 aliphatic carbocycles. The summed E-state index contributed by atoms with van der Waals surface area (Å²) in [6, 6.07) is 14.6. The van der Waals surface area contributed by atoms with Crippen molar-refractivity contribution >= 4 is 72.2 Å². The minimum atomic E-state index is -4.54. The summed E-state index contributed by atoms with van der Waals surface area (Å²) in [7, 11) is -7.29. The smallest absolute Gasteiger partial charge is 0.294 e. The van der Waals surface area contributed by atoms with Crippen LogP contribution in [0.25, 0.3) is 5.69 Å². The molecule has 4 aromatic rings. The summed E-state index contributed by atoms with van der Waals surface area (Å²) in [4.78, 5) is 26.6. The number of azo groups is 1. The summed E-state index contributed by atoms with van der Waals surface area (Å²) in [6.07, 6.45) is 0.116. The maximum atomic E-state index is 12.9. The summed E-state index contributed by atoms with van der Waals surface area (Å²) in [5.41, 5.74) is 1.12. The number of carbonyl (C=O) groups is 2. The molecule has 4 rings (SSSR count). The second-order valence-corrected chi connectivity index (χ2v) is 16.5. The molecule has 0 aliphatic heterocycles. The van der Waals surface area contributed by atoms with E-state index >= 15 is 0 Å². The molecule has 55 heavy (non-hydrogen) atoms. The Balaban J connectivity index is 1.79. The van der Waals surface area contributed by atoms with Crippen molar-refractivity contribution in [2.45, 2.75) is 51.3 Å². The van der Waals surface area contributed by atoms with Gasteiger partial charge in [0.1, 0.15) is 23.1 Å². The van der Waals surface area contributed by atoms with Crippen LogP contribution in [0.5, 0.6) is 5.75 Å². The number of halogens is 1. The molecule has 0 saturated carbocycles. The number of ether oxygens (including phenoxy) is 1. The Bertz CT molecular complexity index is 2420. The van der Waals surface area contributed by atoms with Crippen molar-refractivity contribution < 1.29 is 40.3 Å². The predicted octanol–water partition coefficient (Wildman–Crippen LogP) is 6.68. The van der Waals surface area contributed by atoms with Gasteiger partial charge in [-0.15, -0.1) is 10.2 Å². The van der Waals surface area contributed by atoms with E-state index in [0.717, 1.165) is 12.1 Å². The van der Waals surface area contributed by atoms with Crippen LogP contribution in [0.3, 0.4) is 0 Å². The van der Waals surface area contributed by atoms with Crippen LogP contribution in [0.4, 0.5) is 28.6 Å². The monoisotopic (exact) mass is 814 g/mol. The molecule has 4 N–H and O–H groups in total. The first-order valence-corrected chi connectivity index (χ1v) is 19.9. The number of rotatable bonds is 14. The van der Waals surface area contributed by atoms with Gasteiger partial charge in [-0.3, -0.25) is 18.7 Å². The third-order valence-corrected chi connectivity index (χ3v) is 9.88. The number of nitriles is 1. The molecule has 0 atom stereocenters. The van der Waals surface area contributed by atoms with Gasteiger partial charge in [0.25, 0.3) is 26.1 Å². The van der Waals surface area contributed by atoms with Gasteiger partial charge in [0.15, 0.2) is 5.82 Å². The SMILES string of the molecule is CCN(CCCS(=O)(=O)O)c1cc(NC(C)=O)c(N=Nc2c(C#N)c(C(C)(C)C)nn2-c2ccc(NC(=O)c3cccc(S(=O)(=O)O)c3)cc2Cl)cc1OC. The number of methoxy groups -OCH3 is 1. The molecular formula is C35H39ClN8O9S2. The fourth-order valence-corrected chi connectivity index (χ4v) is 6.66. The molecule has 0 saturated heterocycles. The van der Waals surface area contributed by atoms with Crippen molar-refractivity contribution in [2.24, 2.45) is 10.2 Å². The lowest BCUT2D eigenvalue weighted by Crippen LogP contribution is -2.26. The summed E-state index contributed by atoms with van der Waals surface area (Å²) in [6.45, 7) is 9.36. The zero-order valence-corrected chi connectivity index (χ0v) is 33.0. The zero-order valence-electron chi connectivity index (χ0n) is 30.7. The van der Waals surface area contributed by atoms with Crippen molar-refractivity contribution in [3.8, 4) is 17.5 Å². The Morgan fingerprint density at radius 3 is 2.33 bits per heavy atom. The van der Waals surface area contributed by atoms with Crippen LogP contribution >= 0.6 is 11.6 Å². The minimum Gasteiger partial charge on any atom is -0.494 e. The Labute approximate surface area is 323 Å². The number of nitrogens with zero attached hydrogens (tertiary/aromatic N) is 6. The maximum absolute atomic E-state index is 12.9. The predicted molar refractivity (Wildman–Crippen MR) is 207 cm³/mol. The van der Waals surface area contributed by atoms with E-state index in [2.05, 4.69) is 26.9 Å². The van der Waals surface area contributed by atoms with Gasteiger partial charge in [0.05, 0.1) is 45.5 Å². The van der Waals surface area contributed by atoms with E-state index in [1.807, 2.05) is 27.7 Å². The molecule has 1 aromatic heterocycles. The first-order valence-electron chi connectivity index (χ1n) is 16.5. The molecule has 0 radical (unpaired) electrons. The number of hydrogen-bond acceptors (Lipinski definition) is 12. The van der Waals surface area contributed by atoms with E-state index in [-0.39, 0.29) is 57.7 Å². The number of carbonyl (C=O) groups excluding carboxylic acids is 2. The number of hydrogen-bond donors (Lipinski definition) is 4. The molecule has 20 heteroatoms. The highest BCUT2D eigenvalue weighted by Gasteiger charge is 2.29. The second-order valence-electron chi connectivity index (χ2n) is 13.1. The fraction of sp³-hybridized carbons (Fsp3) is 0.314. The van der Waals surface area contributed by atoms with Crippen LogP contribution in [0.2, 0.25) is 5.02 Å². The molecule has 292 valence electrons. The average molecular weight is 815 g/mol. The first-order chi connectivity index (χ1) is 25.7. The number of benzene rings is 3. The van der Waals surface area contributed by atoms with Crippen molar-refractivity contribution in [3.63, 3.8) is 0 Å². The summed E-state index contributed by atoms with van der Waals surface area (Å²) in [5, 5.41) is 29.3. The van der Waals surface area contributed by atoms with Crippen LogP contribution in [0.15, 0.2) is 69.7 Å². The molecule has 0 fully saturated rings. The summed E-state index contributed by atoms with van der Waals surface area (Å²) in [5.74, 6) is -1.25. The first kappa shape index (κ1) is 42.4. The Morgan fingerprint density at radius 1 is 1.05 bits per heavy atom. The summed E-state index contributed by atoms with van der Waals surface area (Å²) >= 11 is 6.73. The number of nitrogens with one attached hydrogen (secondary N) is 2. The van der Waals surface area contributed by atoms with Gasteiger partial charge >= 0.3 is 0 Å². The lowest BCUT2D eigenvalue weighted by Gasteiger charge is -2.26. The van der Waals surface area contributed by atoms with E-state index in [4.69, 9.17) is 21.4 Å². The van der Waals surface area contributed by atoms with Gasteiger partial charge in [-0.05, 0) is 55.8 Å². The normalized spacial score (nSPS) is 12.0. The minimum absolute atomic E-state index is 0.00893. The lowest BCUT2D eigenvalue weighted by molar-refractivity contribution is -0.114. The third-order valence-electron chi connectivity index (χ3n) is 7.92. The molecule has 3 aromatic carbocycles. The Hall–Kier alpha value is -5.39. The second kappa shape index (κ2) is 17.0. The number of aromatic nitrogens is 2. The largest absolute Gasteiger partial charge is 0.494 e. The molecule has 1 heterocycles. The molecule has 0 spiro atoms. The maximum Gasteiger partial charge on any atom is 0.294 e. The molecule has 17 nitrogen and oxygen atoms in total. The highest BCUT2D eigenvalue weighted by molar-refractivity contribution is 7.86. The standard InChI is InChI=1S/C35H39ClN8O9S2/c1-7-43(14-9-15-54(47,48)49)30-18-27(38-21(2)45)28(19-31(30)53-6)40-41-33-25(20-37)32(35(3,4)5)42-44(33)29-13-12-23(17-26(29)36)39-34(46)22-10-8-11-24(16-22)55(50,51)52/h8,10-13,16-19H,7,9,14-15H2,1-6H3,(H,38,45)(H,39,46)(H,47,48,49)(H,50,51,52). The molecule has 0 unspecified atom stereocenters. The lowest BCUT2D eigenvalue weighted by atomic mass is 9.90. The quantitative estimate of drug-likeness (QED) is 0.0769. The highest BCUT2D eigenvalue weighted by atomic mass is 35.5. The van der Waals surface area contributed by atoms with Crippen molar-refractivity contribution in [2.75, 3.05) is 41.5 Å². The van der Waals surface area contributed by atoms with E-state index in [1.165, 1.54) is 55.1 Å². The molecule has 2 amide bonds. The van der Waals surface area contributed by atoms with Crippen LogP contribution in [0.1, 0.15) is 62.7 Å². The summed E-state index contributed by atoms with van der Waals surface area (Å²) < 4.78 is 71.3. The van der Waals surface area contributed by atoms with Crippen molar-refractivity contribution in [1.29, 1.82) is 5.26 Å². The molecule has 0 bridgehead atoms. The van der Waals surface area contributed by atoms with E-state index in [9.17, 15) is 40.8 Å². The van der Waals surface area contributed by atoms with E-state index in [0.29, 0.717) is 23.7 Å². The topological polar surface area (TPSA) is 246 Å². The number of amides is 2.